The molecule has 2 rings (SSSR count). The lowest BCUT2D eigenvalue weighted by Gasteiger charge is -2.36. The third-order valence-electron chi connectivity index (χ3n) is 3.72. The van der Waals surface area contributed by atoms with Crippen LogP contribution in [0.5, 0.6) is 0 Å². The molecule has 15 heavy (non-hydrogen) atoms. The highest BCUT2D eigenvalue weighted by Crippen LogP contribution is 2.42. The Morgan fingerprint density at radius 3 is 2.60 bits per heavy atom. The summed E-state index contributed by atoms with van der Waals surface area (Å²) >= 11 is 0. The van der Waals surface area contributed by atoms with E-state index in [0.717, 1.165) is 18.4 Å². The van der Waals surface area contributed by atoms with Gasteiger partial charge in [-0.1, -0.05) is 13.8 Å². The van der Waals surface area contributed by atoms with Gasteiger partial charge >= 0.3 is 0 Å². The van der Waals surface area contributed by atoms with Crippen molar-refractivity contribution in [3.8, 4) is 0 Å². The van der Waals surface area contributed by atoms with Gasteiger partial charge in [-0.15, -0.1) is 0 Å². The van der Waals surface area contributed by atoms with Crippen molar-refractivity contribution in [1.29, 1.82) is 0 Å². The molecule has 0 spiro atoms. The van der Waals surface area contributed by atoms with E-state index in [9.17, 15) is 5.11 Å². The molecular formula is C13H20O2. The Morgan fingerprint density at radius 1 is 1.40 bits per heavy atom. The Bertz CT molecular complexity index is 290. The highest BCUT2D eigenvalue weighted by molar-refractivity contribution is 5.10. The molecule has 2 nitrogen and oxygen atoms in total. The number of hydrogen-bond acceptors (Lipinski definition) is 2. The van der Waals surface area contributed by atoms with E-state index in [1.54, 1.807) is 12.5 Å². The molecule has 0 radical (unpaired) electrons. The molecule has 1 saturated carbocycles. The second kappa shape index (κ2) is 4.01. The van der Waals surface area contributed by atoms with Crippen LogP contribution in [0.25, 0.3) is 0 Å². The SMILES string of the molecule is CC1(C)CCC(C(O)c2ccoc2)CC1. The fraction of sp³-hybridized carbons (Fsp3) is 0.692. The van der Waals surface area contributed by atoms with Crippen LogP contribution in [0.4, 0.5) is 0 Å². The minimum Gasteiger partial charge on any atom is -0.472 e. The van der Waals surface area contributed by atoms with Gasteiger partial charge in [0.1, 0.15) is 0 Å². The normalized spacial score (nSPS) is 23.9. The summed E-state index contributed by atoms with van der Waals surface area (Å²) in [4.78, 5) is 0. The first-order valence-corrected chi connectivity index (χ1v) is 5.79. The van der Waals surface area contributed by atoms with Gasteiger partial charge in [-0.2, -0.15) is 0 Å². The largest absolute Gasteiger partial charge is 0.472 e. The van der Waals surface area contributed by atoms with Gasteiger partial charge in [0.25, 0.3) is 0 Å². The predicted molar refractivity (Wildman–Crippen MR) is 59.4 cm³/mol. The van der Waals surface area contributed by atoms with E-state index in [4.69, 9.17) is 4.42 Å². The Balaban J connectivity index is 1.96. The topological polar surface area (TPSA) is 33.4 Å². The lowest BCUT2D eigenvalue weighted by molar-refractivity contribution is 0.0563. The van der Waals surface area contributed by atoms with Gasteiger partial charge < -0.3 is 9.52 Å². The Hall–Kier alpha value is -0.760. The van der Waals surface area contributed by atoms with E-state index in [-0.39, 0.29) is 6.10 Å². The van der Waals surface area contributed by atoms with Crippen LogP contribution in [0.3, 0.4) is 0 Å². The molecule has 0 saturated heterocycles. The maximum absolute atomic E-state index is 10.1. The van der Waals surface area contributed by atoms with E-state index in [1.807, 2.05) is 6.07 Å². The van der Waals surface area contributed by atoms with Crippen LogP contribution in [-0.2, 0) is 0 Å². The lowest BCUT2D eigenvalue weighted by Crippen LogP contribution is -2.24. The third kappa shape index (κ3) is 2.43. The summed E-state index contributed by atoms with van der Waals surface area (Å²) in [6.45, 7) is 4.63. The smallest absolute Gasteiger partial charge is 0.0960 e. The highest BCUT2D eigenvalue weighted by atomic mass is 16.3. The predicted octanol–water partition coefficient (Wildman–Crippen LogP) is 3.53. The quantitative estimate of drug-likeness (QED) is 0.806. The molecule has 0 aliphatic heterocycles. The minimum absolute atomic E-state index is 0.333. The number of hydrogen-bond donors (Lipinski definition) is 1. The monoisotopic (exact) mass is 208 g/mol. The first kappa shape index (κ1) is 10.7. The van der Waals surface area contributed by atoms with Crippen molar-refractivity contribution in [1.82, 2.24) is 0 Å². The second-order valence-electron chi connectivity index (χ2n) is 5.50. The molecule has 0 bridgehead atoms. The standard InChI is InChI=1S/C13H20O2/c1-13(2)6-3-10(4-7-13)12(14)11-5-8-15-9-11/h5,8-10,12,14H,3-4,6-7H2,1-2H3. The van der Waals surface area contributed by atoms with Gasteiger partial charge in [0.05, 0.1) is 18.6 Å². The molecule has 1 aromatic heterocycles. The average molecular weight is 208 g/mol. The molecule has 1 fully saturated rings. The zero-order chi connectivity index (χ0) is 10.9. The first-order chi connectivity index (χ1) is 7.08. The van der Waals surface area contributed by atoms with Crippen LogP contribution < -0.4 is 0 Å². The van der Waals surface area contributed by atoms with Gasteiger partial charge in [0, 0.05) is 5.56 Å². The van der Waals surface area contributed by atoms with E-state index in [2.05, 4.69) is 13.8 Å². The first-order valence-electron chi connectivity index (χ1n) is 5.79. The van der Waals surface area contributed by atoms with Gasteiger partial charge in [0.15, 0.2) is 0 Å². The van der Waals surface area contributed by atoms with Gasteiger partial charge in [-0.25, -0.2) is 0 Å². The summed E-state index contributed by atoms with van der Waals surface area (Å²) in [6.07, 6.45) is 7.63. The van der Waals surface area contributed by atoms with Crippen molar-refractivity contribution in [3.05, 3.63) is 24.2 Å². The van der Waals surface area contributed by atoms with Crippen LogP contribution in [0.1, 0.15) is 51.2 Å². The summed E-state index contributed by atoms with van der Waals surface area (Å²) in [5.74, 6) is 0.413. The van der Waals surface area contributed by atoms with Crippen molar-refractivity contribution in [2.24, 2.45) is 11.3 Å². The van der Waals surface area contributed by atoms with Crippen LogP contribution in [-0.4, -0.2) is 5.11 Å². The van der Waals surface area contributed by atoms with Crippen molar-refractivity contribution in [3.63, 3.8) is 0 Å². The Morgan fingerprint density at radius 2 is 2.07 bits per heavy atom. The fourth-order valence-electron chi connectivity index (χ4n) is 2.45. The lowest BCUT2D eigenvalue weighted by atomic mass is 9.71. The van der Waals surface area contributed by atoms with Gasteiger partial charge in [0.2, 0.25) is 0 Å². The third-order valence-corrected chi connectivity index (χ3v) is 3.72. The molecule has 84 valence electrons. The fourth-order valence-corrected chi connectivity index (χ4v) is 2.45. The molecule has 1 aliphatic rings. The summed E-state index contributed by atoms with van der Waals surface area (Å²) in [5.41, 5.74) is 1.40. The van der Waals surface area contributed by atoms with E-state index in [0.29, 0.717) is 11.3 Å². The van der Waals surface area contributed by atoms with Crippen molar-refractivity contribution in [2.75, 3.05) is 0 Å². The zero-order valence-corrected chi connectivity index (χ0v) is 9.57. The van der Waals surface area contributed by atoms with E-state index in [1.165, 1.54) is 12.8 Å². The Kier molecular flexibility index (Phi) is 2.87. The summed E-state index contributed by atoms with van der Waals surface area (Å²) in [6, 6.07) is 1.87. The average Bonchev–Trinajstić information content (AvgIpc) is 2.69. The number of aliphatic hydroxyl groups is 1. The molecular weight excluding hydrogens is 188 g/mol. The molecule has 1 N–H and O–H groups in total. The molecule has 0 amide bonds. The maximum Gasteiger partial charge on any atom is 0.0960 e. The number of furan rings is 1. The Labute approximate surface area is 91.3 Å². The molecule has 1 aliphatic carbocycles. The second-order valence-corrected chi connectivity index (χ2v) is 5.50. The van der Waals surface area contributed by atoms with Crippen LogP contribution in [0, 0.1) is 11.3 Å². The number of aliphatic hydroxyl groups excluding tert-OH is 1. The summed E-state index contributed by atoms with van der Waals surface area (Å²) in [5, 5.41) is 10.1. The van der Waals surface area contributed by atoms with E-state index < -0.39 is 0 Å². The van der Waals surface area contributed by atoms with Crippen LogP contribution >= 0.6 is 0 Å². The molecule has 2 heteroatoms. The minimum atomic E-state index is -0.333. The van der Waals surface area contributed by atoms with E-state index >= 15 is 0 Å². The zero-order valence-electron chi connectivity index (χ0n) is 9.57. The molecule has 1 atom stereocenters. The van der Waals surface area contributed by atoms with Gasteiger partial charge in [-0.3, -0.25) is 0 Å². The molecule has 1 heterocycles. The highest BCUT2D eigenvalue weighted by Gasteiger charge is 2.31. The maximum atomic E-state index is 10.1. The summed E-state index contributed by atoms with van der Waals surface area (Å²) in [7, 11) is 0. The van der Waals surface area contributed by atoms with Crippen molar-refractivity contribution >= 4 is 0 Å². The van der Waals surface area contributed by atoms with Gasteiger partial charge in [-0.05, 0) is 43.1 Å². The summed E-state index contributed by atoms with van der Waals surface area (Å²) < 4.78 is 5.01. The van der Waals surface area contributed by atoms with Crippen molar-refractivity contribution < 1.29 is 9.52 Å². The molecule has 1 unspecified atom stereocenters. The molecule has 1 aromatic rings. The van der Waals surface area contributed by atoms with Crippen LogP contribution in [0.15, 0.2) is 23.0 Å². The number of rotatable bonds is 2. The molecule has 0 aromatic carbocycles. The van der Waals surface area contributed by atoms with Crippen molar-refractivity contribution in [2.45, 2.75) is 45.6 Å². The van der Waals surface area contributed by atoms with Crippen LogP contribution in [0.2, 0.25) is 0 Å².